The van der Waals surface area contributed by atoms with Crippen LogP contribution in [0.3, 0.4) is 0 Å². The number of hydrogen-bond acceptors (Lipinski definition) is 4. The minimum atomic E-state index is 0.0432. The van der Waals surface area contributed by atoms with Crippen molar-refractivity contribution in [2.24, 2.45) is 0 Å². The molecule has 0 N–H and O–H groups in total. The van der Waals surface area contributed by atoms with Gasteiger partial charge in [-0.3, -0.25) is 9.36 Å². The Balaban J connectivity index is 2.61. The average molecular weight is 275 g/mol. The lowest BCUT2D eigenvalue weighted by Crippen LogP contribution is -2.25. The lowest BCUT2D eigenvalue weighted by molar-refractivity contribution is 0.594. The van der Waals surface area contributed by atoms with Crippen LogP contribution in [0.2, 0.25) is 0 Å². The second kappa shape index (κ2) is 5.54. The summed E-state index contributed by atoms with van der Waals surface area (Å²) in [6.07, 6.45) is 1.89. The molecular weight excluding hydrogens is 258 g/mol. The molecule has 19 heavy (non-hydrogen) atoms. The van der Waals surface area contributed by atoms with Crippen molar-refractivity contribution in [2.45, 2.75) is 46.6 Å². The van der Waals surface area contributed by atoms with Gasteiger partial charge in [0.05, 0.1) is 11.5 Å². The number of nitrogens with zero attached hydrogens (tertiary/aromatic N) is 3. The third-order valence-corrected chi connectivity index (χ3v) is 4.46. The molecule has 0 amide bonds. The summed E-state index contributed by atoms with van der Waals surface area (Å²) in [7, 11) is 0. The number of thiophene rings is 1. The van der Waals surface area contributed by atoms with Crippen molar-refractivity contribution in [3.8, 4) is 6.07 Å². The molecule has 0 aliphatic carbocycles. The Bertz CT molecular complexity index is 706. The standard InChI is InChI=1S/C14H17N3OS/c1-4-11-16-13-12(9(2)10(3)19-13)14(18)17(11)8-6-5-7-15/h4-6,8H2,1-3H3. The monoisotopic (exact) mass is 275 g/mol. The molecule has 0 unspecified atom stereocenters. The maximum absolute atomic E-state index is 12.6. The van der Waals surface area contributed by atoms with E-state index >= 15 is 0 Å². The van der Waals surface area contributed by atoms with Crippen LogP contribution in [0.1, 0.15) is 36.0 Å². The third-order valence-electron chi connectivity index (χ3n) is 3.35. The van der Waals surface area contributed by atoms with Gasteiger partial charge in [0.15, 0.2) is 0 Å². The van der Waals surface area contributed by atoms with E-state index in [0.29, 0.717) is 19.4 Å². The minimum Gasteiger partial charge on any atom is -0.296 e. The fraction of sp³-hybridized carbons (Fsp3) is 0.500. The Labute approximate surface area is 116 Å². The first-order chi connectivity index (χ1) is 9.10. The van der Waals surface area contributed by atoms with E-state index in [1.54, 1.807) is 15.9 Å². The van der Waals surface area contributed by atoms with E-state index < -0.39 is 0 Å². The van der Waals surface area contributed by atoms with E-state index in [9.17, 15) is 4.79 Å². The van der Waals surface area contributed by atoms with Gasteiger partial charge in [0.25, 0.3) is 5.56 Å². The molecule has 0 spiro atoms. The molecule has 0 aliphatic rings. The summed E-state index contributed by atoms with van der Waals surface area (Å²) >= 11 is 1.58. The number of hydrogen-bond donors (Lipinski definition) is 0. The summed E-state index contributed by atoms with van der Waals surface area (Å²) < 4.78 is 1.73. The van der Waals surface area contributed by atoms with E-state index in [0.717, 1.165) is 32.9 Å². The quantitative estimate of drug-likeness (QED) is 0.806. The summed E-state index contributed by atoms with van der Waals surface area (Å²) in [4.78, 5) is 19.2. The van der Waals surface area contributed by atoms with Crippen LogP contribution in [-0.2, 0) is 13.0 Å². The van der Waals surface area contributed by atoms with Crippen molar-refractivity contribution < 1.29 is 0 Å². The van der Waals surface area contributed by atoms with Gasteiger partial charge >= 0.3 is 0 Å². The van der Waals surface area contributed by atoms with Gasteiger partial charge in [-0.15, -0.1) is 11.3 Å². The van der Waals surface area contributed by atoms with Crippen LogP contribution in [-0.4, -0.2) is 9.55 Å². The smallest absolute Gasteiger partial charge is 0.262 e. The molecule has 0 saturated heterocycles. The Kier molecular flexibility index (Phi) is 4.01. The topological polar surface area (TPSA) is 58.7 Å². The fourth-order valence-corrected chi connectivity index (χ4v) is 3.22. The maximum Gasteiger partial charge on any atom is 0.262 e. The van der Waals surface area contributed by atoms with Crippen molar-refractivity contribution in [3.05, 3.63) is 26.6 Å². The van der Waals surface area contributed by atoms with Crippen LogP contribution in [0.4, 0.5) is 0 Å². The van der Waals surface area contributed by atoms with Crippen LogP contribution in [0, 0.1) is 25.2 Å². The molecule has 5 heteroatoms. The molecule has 0 radical (unpaired) electrons. The highest BCUT2D eigenvalue weighted by Gasteiger charge is 2.15. The number of aromatic nitrogens is 2. The molecule has 2 aromatic heterocycles. The summed E-state index contributed by atoms with van der Waals surface area (Å²) in [5.74, 6) is 0.816. The molecule has 100 valence electrons. The van der Waals surface area contributed by atoms with Crippen LogP contribution >= 0.6 is 11.3 Å². The Morgan fingerprint density at radius 3 is 2.79 bits per heavy atom. The summed E-state index contributed by atoms with van der Waals surface area (Å²) in [6.45, 7) is 6.57. The van der Waals surface area contributed by atoms with Crippen LogP contribution in [0.15, 0.2) is 4.79 Å². The molecule has 2 heterocycles. The Hall–Kier alpha value is -1.67. The van der Waals surface area contributed by atoms with E-state index in [4.69, 9.17) is 5.26 Å². The van der Waals surface area contributed by atoms with Gasteiger partial charge in [-0.1, -0.05) is 6.92 Å². The van der Waals surface area contributed by atoms with Gasteiger partial charge < -0.3 is 0 Å². The summed E-state index contributed by atoms with van der Waals surface area (Å²) in [5.41, 5.74) is 1.08. The summed E-state index contributed by atoms with van der Waals surface area (Å²) in [5, 5.41) is 9.35. The lowest BCUT2D eigenvalue weighted by atomic mass is 10.2. The van der Waals surface area contributed by atoms with Crippen molar-refractivity contribution in [2.75, 3.05) is 0 Å². The van der Waals surface area contributed by atoms with Crippen molar-refractivity contribution in [1.29, 1.82) is 5.26 Å². The second-order valence-electron chi connectivity index (χ2n) is 4.56. The molecule has 0 saturated carbocycles. The van der Waals surface area contributed by atoms with E-state index in [2.05, 4.69) is 11.1 Å². The Morgan fingerprint density at radius 2 is 2.16 bits per heavy atom. The lowest BCUT2D eigenvalue weighted by Gasteiger charge is -2.10. The molecule has 2 aromatic rings. The van der Waals surface area contributed by atoms with Crippen LogP contribution < -0.4 is 5.56 Å². The number of rotatable bonds is 4. The average Bonchev–Trinajstić information content (AvgIpc) is 2.68. The fourth-order valence-electron chi connectivity index (χ4n) is 2.19. The molecule has 0 aromatic carbocycles. The van der Waals surface area contributed by atoms with Crippen molar-refractivity contribution >= 4 is 21.6 Å². The number of unbranched alkanes of at least 4 members (excludes halogenated alkanes) is 1. The molecule has 0 atom stereocenters. The zero-order valence-electron chi connectivity index (χ0n) is 11.5. The van der Waals surface area contributed by atoms with E-state index in [1.807, 2.05) is 20.8 Å². The second-order valence-corrected chi connectivity index (χ2v) is 5.77. The van der Waals surface area contributed by atoms with E-state index in [-0.39, 0.29) is 5.56 Å². The maximum atomic E-state index is 12.6. The molecule has 0 bridgehead atoms. The van der Waals surface area contributed by atoms with Gasteiger partial charge in [0.1, 0.15) is 10.7 Å². The highest BCUT2D eigenvalue weighted by Crippen LogP contribution is 2.26. The van der Waals surface area contributed by atoms with E-state index in [1.165, 1.54) is 0 Å². The van der Waals surface area contributed by atoms with Crippen LogP contribution in [0.5, 0.6) is 0 Å². The third kappa shape index (κ3) is 2.41. The predicted molar refractivity (Wildman–Crippen MR) is 77.6 cm³/mol. The molecular formula is C14H17N3OS. The first-order valence-corrected chi connectivity index (χ1v) is 7.28. The molecule has 0 aliphatic heterocycles. The molecule has 4 nitrogen and oxygen atoms in total. The number of fused-ring (bicyclic) bond motifs is 1. The predicted octanol–water partition coefficient (Wildman–Crippen LogP) is 2.94. The molecule has 2 rings (SSSR count). The van der Waals surface area contributed by atoms with Gasteiger partial charge in [-0.25, -0.2) is 4.98 Å². The largest absolute Gasteiger partial charge is 0.296 e. The Morgan fingerprint density at radius 1 is 1.42 bits per heavy atom. The van der Waals surface area contributed by atoms with Gasteiger partial charge in [-0.05, 0) is 25.8 Å². The SMILES string of the molecule is CCc1nc2sc(C)c(C)c2c(=O)n1CCCC#N. The minimum absolute atomic E-state index is 0.0432. The zero-order valence-corrected chi connectivity index (χ0v) is 12.3. The summed E-state index contributed by atoms with van der Waals surface area (Å²) in [6, 6.07) is 2.11. The van der Waals surface area contributed by atoms with Gasteiger partial charge in [0, 0.05) is 24.3 Å². The van der Waals surface area contributed by atoms with Crippen LogP contribution in [0.25, 0.3) is 10.2 Å². The van der Waals surface area contributed by atoms with Crippen molar-refractivity contribution in [1.82, 2.24) is 9.55 Å². The van der Waals surface area contributed by atoms with Gasteiger partial charge in [-0.2, -0.15) is 5.26 Å². The number of nitriles is 1. The van der Waals surface area contributed by atoms with Crippen molar-refractivity contribution in [3.63, 3.8) is 0 Å². The van der Waals surface area contributed by atoms with Gasteiger partial charge in [0.2, 0.25) is 0 Å². The molecule has 0 fully saturated rings. The highest BCUT2D eigenvalue weighted by molar-refractivity contribution is 7.18. The first kappa shape index (κ1) is 13.8. The first-order valence-electron chi connectivity index (χ1n) is 6.46. The zero-order chi connectivity index (χ0) is 14.0. The normalized spacial score (nSPS) is 10.8. The number of aryl methyl sites for hydroxylation is 3. The highest BCUT2D eigenvalue weighted by atomic mass is 32.1.